The monoisotopic (exact) mass is 292 g/mol. The summed E-state index contributed by atoms with van der Waals surface area (Å²) in [6.07, 6.45) is 1.76. The van der Waals surface area contributed by atoms with Crippen molar-refractivity contribution in [1.29, 1.82) is 0 Å². The Morgan fingerprint density at radius 2 is 1.64 bits per heavy atom. The van der Waals surface area contributed by atoms with Crippen molar-refractivity contribution < 1.29 is 14.5 Å². The van der Waals surface area contributed by atoms with Gasteiger partial charge in [0.2, 0.25) is 0 Å². The second kappa shape index (κ2) is 4.11. The molecular weight excluding hydrogens is 284 g/mol. The fourth-order valence-corrected chi connectivity index (χ4v) is 2.75. The van der Waals surface area contributed by atoms with E-state index in [0.717, 1.165) is 22.1 Å². The molecule has 0 spiro atoms. The van der Waals surface area contributed by atoms with Crippen molar-refractivity contribution in [1.82, 2.24) is 4.90 Å². The standard InChI is InChI=1S/C16H8N2O4/c19-15-12-6-5-10(18(21)22)8-13(12)16(20)17(15)14-7-9-3-1-2-4-11(9)14/h1-8H. The number of nitro benzene ring substituents is 1. The van der Waals surface area contributed by atoms with Gasteiger partial charge in [-0.1, -0.05) is 24.3 Å². The normalized spacial score (nSPS) is 15.1. The summed E-state index contributed by atoms with van der Waals surface area (Å²) in [5.41, 5.74) is 2.38. The lowest BCUT2D eigenvalue weighted by Gasteiger charge is -2.26. The number of fused-ring (bicyclic) bond motifs is 2. The number of amides is 2. The number of nitrogens with zero attached hydrogens (tertiary/aromatic N) is 2. The van der Waals surface area contributed by atoms with Crippen LogP contribution in [-0.2, 0) is 0 Å². The minimum absolute atomic E-state index is 0.0736. The van der Waals surface area contributed by atoms with Crippen LogP contribution < -0.4 is 0 Å². The van der Waals surface area contributed by atoms with Crippen LogP contribution in [0.1, 0.15) is 31.8 Å². The maximum Gasteiger partial charge on any atom is 0.270 e. The molecule has 0 fully saturated rings. The quantitative estimate of drug-likeness (QED) is 0.484. The molecule has 2 amide bonds. The first-order valence-electron chi connectivity index (χ1n) is 6.56. The van der Waals surface area contributed by atoms with Gasteiger partial charge in [0.05, 0.1) is 21.7 Å². The van der Waals surface area contributed by atoms with Gasteiger partial charge in [-0.05, 0) is 17.7 Å². The van der Waals surface area contributed by atoms with Crippen LogP contribution in [0.4, 0.5) is 5.69 Å². The number of hydrogen-bond acceptors (Lipinski definition) is 4. The highest BCUT2D eigenvalue weighted by Gasteiger charge is 2.41. The van der Waals surface area contributed by atoms with E-state index in [0.29, 0.717) is 5.70 Å². The van der Waals surface area contributed by atoms with Crippen LogP contribution in [0.3, 0.4) is 0 Å². The Labute approximate surface area is 124 Å². The van der Waals surface area contributed by atoms with Crippen molar-refractivity contribution in [2.75, 3.05) is 0 Å². The minimum atomic E-state index is -0.585. The van der Waals surface area contributed by atoms with Crippen molar-refractivity contribution in [3.8, 4) is 0 Å². The van der Waals surface area contributed by atoms with Crippen LogP contribution in [0.25, 0.3) is 11.8 Å². The van der Waals surface area contributed by atoms with Crippen molar-refractivity contribution in [3.63, 3.8) is 0 Å². The number of imide groups is 1. The Balaban J connectivity index is 1.78. The fraction of sp³-hybridized carbons (Fsp3) is 0. The van der Waals surface area contributed by atoms with E-state index >= 15 is 0 Å². The molecule has 1 aliphatic carbocycles. The van der Waals surface area contributed by atoms with Crippen LogP contribution in [0.15, 0.2) is 42.5 Å². The average Bonchev–Trinajstić information content (AvgIpc) is 2.73. The highest BCUT2D eigenvalue weighted by Crippen LogP contribution is 2.39. The first-order valence-corrected chi connectivity index (χ1v) is 6.56. The topological polar surface area (TPSA) is 80.5 Å². The van der Waals surface area contributed by atoms with Crippen molar-refractivity contribution in [3.05, 3.63) is 74.8 Å². The van der Waals surface area contributed by atoms with E-state index in [1.54, 1.807) is 6.08 Å². The molecule has 0 saturated heterocycles. The molecule has 6 nitrogen and oxygen atoms in total. The molecule has 0 N–H and O–H groups in total. The lowest BCUT2D eigenvalue weighted by molar-refractivity contribution is -0.384. The van der Waals surface area contributed by atoms with Gasteiger partial charge in [0.1, 0.15) is 0 Å². The molecule has 0 atom stereocenters. The highest BCUT2D eigenvalue weighted by molar-refractivity contribution is 6.27. The lowest BCUT2D eigenvalue weighted by atomic mass is 9.93. The zero-order valence-corrected chi connectivity index (χ0v) is 11.1. The molecule has 22 heavy (non-hydrogen) atoms. The molecule has 2 aliphatic rings. The largest absolute Gasteiger partial charge is 0.270 e. The SMILES string of the molecule is O=C1c2ccc([N+](=O)[O-])cc2C(=O)N1C1=Cc2ccccc21. The van der Waals surface area contributed by atoms with Crippen molar-refractivity contribution in [2.24, 2.45) is 0 Å². The second-order valence-corrected chi connectivity index (χ2v) is 5.05. The third-order valence-corrected chi connectivity index (χ3v) is 3.85. The maximum atomic E-state index is 12.5. The van der Waals surface area contributed by atoms with Gasteiger partial charge in [-0.2, -0.15) is 0 Å². The number of carbonyl (C=O) groups excluding carboxylic acids is 2. The highest BCUT2D eigenvalue weighted by atomic mass is 16.6. The zero-order chi connectivity index (χ0) is 15.4. The van der Waals surface area contributed by atoms with Gasteiger partial charge in [0, 0.05) is 17.7 Å². The molecule has 1 aliphatic heterocycles. The van der Waals surface area contributed by atoms with E-state index in [2.05, 4.69) is 0 Å². The predicted octanol–water partition coefficient (Wildman–Crippen LogP) is 2.70. The van der Waals surface area contributed by atoms with Gasteiger partial charge in [-0.15, -0.1) is 0 Å². The van der Waals surface area contributed by atoms with Crippen molar-refractivity contribution >= 4 is 29.3 Å². The van der Waals surface area contributed by atoms with Crippen LogP contribution in [0.5, 0.6) is 0 Å². The van der Waals surface area contributed by atoms with Gasteiger partial charge in [-0.25, -0.2) is 4.90 Å². The molecule has 0 bridgehead atoms. The van der Waals surface area contributed by atoms with E-state index < -0.39 is 16.7 Å². The number of nitro groups is 1. The molecule has 0 radical (unpaired) electrons. The van der Waals surface area contributed by atoms with E-state index in [9.17, 15) is 19.7 Å². The molecule has 2 aromatic rings. The predicted molar refractivity (Wildman–Crippen MR) is 77.9 cm³/mol. The number of benzene rings is 2. The van der Waals surface area contributed by atoms with Crippen LogP contribution in [-0.4, -0.2) is 21.6 Å². The summed E-state index contributed by atoms with van der Waals surface area (Å²) in [6, 6.07) is 11.1. The van der Waals surface area contributed by atoms with Gasteiger partial charge in [0.15, 0.2) is 0 Å². The van der Waals surface area contributed by atoms with Crippen LogP contribution >= 0.6 is 0 Å². The Kier molecular flexibility index (Phi) is 2.33. The Bertz CT molecular complexity index is 914. The second-order valence-electron chi connectivity index (χ2n) is 5.05. The average molecular weight is 292 g/mol. The number of carbonyl (C=O) groups is 2. The fourth-order valence-electron chi connectivity index (χ4n) is 2.75. The number of rotatable bonds is 2. The van der Waals surface area contributed by atoms with E-state index in [4.69, 9.17) is 0 Å². The van der Waals surface area contributed by atoms with Gasteiger partial charge < -0.3 is 0 Å². The van der Waals surface area contributed by atoms with Gasteiger partial charge in [0.25, 0.3) is 17.5 Å². The molecular formula is C16H8N2O4. The smallest absolute Gasteiger partial charge is 0.268 e. The summed E-state index contributed by atoms with van der Waals surface area (Å²) in [5.74, 6) is -0.972. The summed E-state index contributed by atoms with van der Waals surface area (Å²) in [6.45, 7) is 0. The molecule has 1 heterocycles. The van der Waals surface area contributed by atoms with Crippen LogP contribution in [0.2, 0.25) is 0 Å². The molecule has 4 rings (SSSR count). The summed E-state index contributed by atoms with van der Waals surface area (Å²) in [7, 11) is 0. The first-order chi connectivity index (χ1) is 10.6. The minimum Gasteiger partial charge on any atom is -0.268 e. The summed E-state index contributed by atoms with van der Waals surface area (Å²) < 4.78 is 0. The summed E-state index contributed by atoms with van der Waals surface area (Å²) in [5, 5.41) is 10.8. The van der Waals surface area contributed by atoms with Gasteiger partial charge >= 0.3 is 0 Å². The molecule has 0 saturated carbocycles. The molecule has 0 unspecified atom stereocenters. The zero-order valence-electron chi connectivity index (χ0n) is 11.1. The van der Waals surface area contributed by atoms with Gasteiger partial charge in [-0.3, -0.25) is 19.7 Å². The van der Waals surface area contributed by atoms with Crippen molar-refractivity contribution in [2.45, 2.75) is 0 Å². The Morgan fingerprint density at radius 3 is 2.36 bits per heavy atom. The Hall–Kier alpha value is -3.28. The van der Waals surface area contributed by atoms with E-state index in [-0.39, 0.29) is 16.8 Å². The lowest BCUT2D eigenvalue weighted by Crippen LogP contribution is -2.30. The molecule has 2 aromatic carbocycles. The molecule has 106 valence electrons. The van der Waals surface area contributed by atoms with E-state index in [1.165, 1.54) is 12.1 Å². The number of hydrogen-bond donors (Lipinski definition) is 0. The third kappa shape index (κ3) is 1.49. The number of non-ortho nitro benzene ring substituents is 1. The van der Waals surface area contributed by atoms with Crippen LogP contribution in [0, 0.1) is 10.1 Å². The Morgan fingerprint density at radius 1 is 0.909 bits per heavy atom. The third-order valence-electron chi connectivity index (χ3n) is 3.85. The summed E-state index contributed by atoms with van der Waals surface area (Å²) in [4.78, 5) is 36.2. The first kappa shape index (κ1) is 12.5. The maximum absolute atomic E-state index is 12.5. The molecule has 0 aromatic heterocycles. The molecule has 6 heteroatoms. The van der Waals surface area contributed by atoms with E-state index in [1.807, 2.05) is 24.3 Å². The summed E-state index contributed by atoms with van der Waals surface area (Å²) >= 11 is 0.